The molecule has 5 heteroatoms. The van der Waals surface area contributed by atoms with E-state index in [1.54, 1.807) is 6.20 Å². The molecule has 0 saturated carbocycles. The Morgan fingerprint density at radius 2 is 2.04 bits per heavy atom. The molecule has 23 heavy (non-hydrogen) atoms. The first-order valence-electron chi connectivity index (χ1n) is 8.09. The van der Waals surface area contributed by atoms with Crippen molar-refractivity contribution >= 4 is 11.6 Å². The molecule has 5 nitrogen and oxygen atoms in total. The van der Waals surface area contributed by atoms with Crippen LogP contribution in [-0.4, -0.2) is 32.9 Å². The van der Waals surface area contributed by atoms with Crippen molar-refractivity contribution in [3.8, 4) is 0 Å². The van der Waals surface area contributed by atoms with Crippen LogP contribution in [-0.2, 0) is 18.4 Å². The topological polar surface area (TPSA) is 50.2 Å². The Balaban J connectivity index is 2.04. The summed E-state index contributed by atoms with van der Waals surface area (Å²) >= 11 is 0. The zero-order valence-electron chi connectivity index (χ0n) is 14.4. The van der Waals surface area contributed by atoms with E-state index in [1.165, 1.54) is 5.56 Å². The van der Waals surface area contributed by atoms with Crippen LogP contribution in [0.25, 0.3) is 0 Å². The molecule has 1 N–H and O–H groups in total. The molecule has 2 aromatic rings. The predicted octanol–water partition coefficient (Wildman–Crippen LogP) is 2.97. The summed E-state index contributed by atoms with van der Waals surface area (Å²) < 4.78 is 1.99. The largest absolute Gasteiger partial charge is 0.337 e. The van der Waals surface area contributed by atoms with Gasteiger partial charge in [-0.3, -0.25) is 9.69 Å². The fourth-order valence-corrected chi connectivity index (χ4v) is 2.48. The Labute approximate surface area is 138 Å². The van der Waals surface area contributed by atoms with E-state index in [0.29, 0.717) is 6.54 Å². The highest BCUT2D eigenvalue weighted by molar-refractivity contribution is 5.94. The van der Waals surface area contributed by atoms with E-state index in [1.807, 2.05) is 55.9 Å². The Kier molecular flexibility index (Phi) is 5.93. The van der Waals surface area contributed by atoms with Gasteiger partial charge in [0.2, 0.25) is 5.91 Å². The van der Waals surface area contributed by atoms with Crippen LogP contribution in [0.5, 0.6) is 0 Å². The van der Waals surface area contributed by atoms with E-state index >= 15 is 0 Å². The van der Waals surface area contributed by atoms with Crippen molar-refractivity contribution in [3.63, 3.8) is 0 Å². The quantitative estimate of drug-likeness (QED) is 0.855. The second-order valence-electron chi connectivity index (χ2n) is 5.96. The number of nitrogens with zero attached hydrogens (tertiary/aromatic N) is 3. The van der Waals surface area contributed by atoms with E-state index in [4.69, 9.17) is 0 Å². The summed E-state index contributed by atoms with van der Waals surface area (Å²) in [5.41, 5.74) is 2.01. The van der Waals surface area contributed by atoms with Gasteiger partial charge in [-0.2, -0.15) is 0 Å². The monoisotopic (exact) mass is 314 g/mol. The third-order valence-electron chi connectivity index (χ3n) is 4.02. The number of carbonyl (C=O) groups excluding carboxylic acids is 1. The molecule has 0 unspecified atom stereocenters. The standard InChI is InChI=1S/C18H26N4O/c1-5-11-22(13-17-19-10-12-21(17)4)15(3)18(23)20-16-8-6-14(2)7-9-16/h6-10,12,15H,5,11,13H2,1-4H3,(H,20,23)/t15-/m1/s1. The Morgan fingerprint density at radius 3 is 2.61 bits per heavy atom. The zero-order chi connectivity index (χ0) is 16.8. The average Bonchev–Trinajstić information content (AvgIpc) is 2.93. The van der Waals surface area contributed by atoms with Gasteiger partial charge in [-0.1, -0.05) is 24.6 Å². The molecule has 2 rings (SSSR count). The molecule has 0 aliphatic rings. The number of benzene rings is 1. The van der Waals surface area contributed by atoms with Crippen LogP contribution in [0.3, 0.4) is 0 Å². The number of carbonyl (C=O) groups is 1. The molecule has 0 bridgehead atoms. The number of anilines is 1. The van der Waals surface area contributed by atoms with Crippen LogP contribution in [0.2, 0.25) is 0 Å². The first kappa shape index (κ1) is 17.2. The number of aryl methyl sites for hydroxylation is 2. The first-order valence-corrected chi connectivity index (χ1v) is 8.09. The lowest BCUT2D eigenvalue weighted by Gasteiger charge is -2.27. The lowest BCUT2D eigenvalue weighted by Crippen LogP contribution is -2.42. The highest BCUT2D eigenvalue weighted by Crippen LogP contribution is 2.12. The van der Waals surface area contributed by atoms with Crippen LogP contribution >= 0.6 is 0 Å². The van der Waals surface area contributed by atoms with Crippen LogP contribution < -0.4 is 5.32 Å². The first-order chi connectivity index (χ1) is 11.0. The van der Waals surface area contributed by atoms with E-state index in [-0.39, 0.29) is 11.9 Å². The molecule has 0 spiro atoms. The van der Waals surface area contributed by atoms with Gasteiger partial charge >= 0.3 is 0 Å². The molecule has 1 aromatic heterocycles. The molecule has 0 aliphatic carbocycles. The van der Waals surface area contributed by atoms with Gasteiger partial charge < -0.3 is 9.88 Å². The highest BCUT2D eigenvalue weighted by Gasteiger charge is 2.22. The van der Waals surface area contributed by atoms with Crippen molar-refractivity contribution in [2.75, 3.05) is 11.9 Å². The van der Waals surface area contributed by atoms with E-state index in [9.17, 15) is 4.79 Å². The number of aromatic nitrogens is 2. The second-order valence-corrected chi connectivity index (χ2v) is 5.96. The molecule has 1 amide bonds. The summed E-state index contributed by atoms with van der Waals surface area (Å²) in [7, 11) is 1.98. The van der Waals surface area contributed by atoms with Crippen LogP contribution in [0.1, 0.15) is 31.7 Å². The minimum absolute atomic E-state index is 0.0107. The van der Waals surface area contributed by atoms with Gasteiger partial charge in [0.05, 0.1) is 12.6 Å². The highest BCUT2D eigenvalue weighted by atomic mass is 16.2. The molecule has 1 heterocycles. The van der Waals surface area contributed by atoms with Gasteiger partial charge in [0.25, 0.3) is 0 Å². The summed E-state index contributed by atoms with van der Waals surface area (Å²) in [6.45, 7) is 7.62. The number of imidazole rings is 1. The maximum Gasteiger partial charge on any atom is 0.241 e. The zero-order valence-corrected chi connectivity index (χ0v) is 14.4. The molecule has 0 radical (unpaired) electrons. The minimum Gasteiger partial charge on any atom is -0.337 e. The van der Waals surface area contributed by atoms with Gasteiger partial charge in [-0.25, -0.2) is 4.98 Å². The molecule has 0 saturated heterocycles. The van der Waals surface area contributed by atoms with Crippen LogP contribution in [0.15, 0.2) is 36.7 Å². The number of hydrogen-bond acceptors (Lipinski definition) is 3. The van der Waals surface area contributed by atoms with E-state index in [2.05, 4.69) is 22.1 Å². The van der Waals surface area contributed by atoms with Crippen molar-refractivity contribution in [3.05, 3.63) is 48.0 Å². The van der Waals surface area contributed by atoms with Crippen LogP contribution in [0, 0.1) is 6.92 Å². The smallest absolute Gasteiger partial charge is 0.241 e. The molecule has 124 valence electrons. The number of nitrogens with one attached hydrogen (secondary N) is 1. The molecular formula is C18H26N4O. The summed E-state index contributed by atoms with van der Waals surface area (Å²) in [5.74, 6) is 0.977. The predicted molar refractivity (Wildman–Crippen MR) is 93.2 cm³/mol. The van der Waals surface area contributed by atoms with Gasteiger partial charge in [0.1, 0.15) is 5.82 Å². The second kappa shape index (κ2) is 7.92. The average molecular weight is 314 g/mol. The van der Waals surface area contributed by atoms with E-state index < -0.39 is 0 Å². The lowest BCUT2D eigenvalue weighted by molar-refractivity contribution is -0.121. The number of rotatable bonds is 7. The Hall–Kier alpha value is -2.14. The summed E-state index contributed by atoms with van der Waals surface area (Å²) in [6, 6.07) is 7.65. The van der Waals surface area contributed by atoms with Crippen molar-refractivity contribution in [1.82, 2.24) is 14.5 Å². The molecule has 0 aliphatic heterocycles. The van der Waals surface area contributed by atoms with E-state index in [0.717, 1.165) is 24.5 Å². The molecule has 1 atom stereocenters. The third kappa shape index (κ3) is 4.66. The van der Waals surface area contributed by atoms with Gasteiger partial charge in [-0.15, -0.1) is 0 Å². The molecule has 1 aromatic carbocycles. The number of hydrogen-bond donors (Lipinski definition) is 1. The Morgan fingerprint density at radius 1 is 1.35 bits per heavy atom. The van der Waals surface area contributed by atoms with Crippen molar-refractivity contribution in [2.24, 2.45) is 7.05 Å². The molecule has 0 fully saturated rings. The van der Waals surface area contributed by atoms with Crippen LogP contribution in [0.4, 0.5) is 5.69 Å². The molecular weight excluding hydrogens is 288 g/mol. The summed E-state index contributed by atoms with van der Waals surface area (Å²) in [5, 5.41) is 2.99. The maximum atomic E-state index is 12.5. The minimum atomic E-state index is -0.215. The van der Waals surface area contributed by atoms with Gasteiger partial charge in [-0.05, 0) is 38.9 Å². The summed E-state index contributed by atoms with van der Waals surface area (Å²) in [6.07, 6.45) is 4.71. The summed E-state index contributed by atoms with van der Waals surface area (Å²) in [4.78, 5) is 19.1. The normalized spacial score (nSPS) is 12.4. The fourth-order valence-electron chi connectivity index (χ4n) is 2.48. The van der Waals surface area contributed by atoms with Gasteiger partial charge in [0, 0.05) is 25.1 Å². The van der Waals surface area contributed by atoms with Crippen molar-refractivity contribution < 1.29 is 4.79 Å². The number of amides is 1. The Bertz CT molecular complexity index is 633. The van der Waals surface area contributed by atoms with Crippen molar-refractivity contribution in [1.29, 1.82) is 0 Å². The lowest BCUT2D eigenvalue weighted by atomic mass is 10.2. The van der Waals surface area contributed by atoms with Crippen molar-refractivity contribution in [2.45, 2.75) is 39.8 Å². The third-order valence-corrected chi connectivity index (χ3v) is 4.02. The maximum absolute atomic E-state index is 12.5. The van der Waals surface area contributed by atoms with Gasteiger partial charge in [0.15, 0.2) is 0 Å². The fraction of sp³-hybridized carbons (Fsp3) is 0.444. The SMILES string of the molecule is CCCN(Cc1nccn1C)[C@H](C)C(=O)Nc1ccc(C)cc1.